The molecule has 0 bridgehead atoms. The van der Waals surface area contributed by atoms with E-state index in [4.69, 9.17) is 10.3 Å². The Balaban J connectivity index is 2.18. The molecule has 1 aliphatic heterocycles. The van der Waals surface area contributed by atoms with Crippen LogP contribution < -0.4 is 5.32 Å². The van der Waals surface area contributed by atoms with E-state index in [0.717, 1.165) is 0 Å². The second kappa shape index (κ2) is 8.11. The third kappa shape index (κ3) is 3.81. The number of carbonyl (C=O) groups excluding carboxylic acids is 2. The summed E-state index contributed by atoms with van der Waals surface area (Å²) < 4.78 is 5.20. The van der Waals surface area contributed by atoms with Crippen molar-refractivity contribution >= 4 is 23.3 Å². The van der Waals surface area contributed by atoms with Crippen molar-refractivity contribution in [1.82, 2.24) is 5.32 Å². The largest absolute Gasteiger partial charge is 0.466 e. The van der Waals surface area contributed by atoms with Crippen LogP contribution in [0.2, 0.25) is 0 Å². The van der Waals surface area contributed by atoms with E-state index in [-0.39, 0.29) is 12.3 Å². The smallest absolute Gasteiger partial charge is 0.313 e. The van der Waals surface area contributed by atoms with Gasteiger partial charge in [-0.1, -0.05) is 17.7 Å². The Morgan fingerprint density at radius 3 is 2.90 bits per heavy atom. The van der Waals surface area contributed by atoms with Crippen LogP contribution in [0.4, 0.5) is 5.69 Å². The lowest BCUT2D eigenvalue weighted by Crippen LogP contribution is -2.51. The molecule has 0 saturated carbocycles. The van der Waals surface area contributed by atoms with Gasteiger partial charge in [0, 0.05) is 23.0 Å². The van der Waals surface area contributed by atoms with Gasteiger partial charge in [0.1, 0.15) is 0 Å². The van der Waals surface area contributed by atoms with Gasteiger partial charge < -0.3 is 10.1 Å². The van der Waals surface area contributed by atoms with E-state index in [2.05, 4.69) is 20.3 Å². The summed E-state index contributed by atoms with van der Waals surface area (Å²) in [5, 5.41) is 17.2. The zero-order valence-corrected chi connectivity index (χ0v) is 15.7. The van der Waals surface area contributed by atoms with E-state index in [9.17, 15) is 19.7 Å². The van der Waals surface area contributed by atoms with Gasteiger partial charge in [-0.3, -0.25) is 24.7 Å². The molecule has 0 aromatic heterocycles. The molecule has 150 valence electrons. The number of nitrogens with zero attached hydrogens (tertiary/aromatic N) is 5. The molecule has 1 amide bonds. The molecule has 0 saturated heterocycles. The average molecular weight is 398 g/mol. The number of hydrogen-bond donors (Lipinski definition) is 1. The molecule has 2 aliphatic rings. The van der Waals surface area contributed by atoms with E-state index in [1.54, 1.807) is 26.0 Å². The molecular weight excluding hydrogens is 380 g/mol. The number of nitro benzene ring substituents is 1. The van der Waals surface area contributed by atoms with Crippen LogP contribution in [0.3, 0.4) is 0 Å². The summed E-state index contributed by atoms with van der Waals surface area (Å²) in [6.45, 7) is 3.54. The molecule has 11 nitrogen and oxygen atoms in total. The number of non-ortho nitro benzene ring substituents is 1. The molecule has 3 rings (SSSR count). The Morgan fingerprint density at radius 1 is 1.48 bits per heavy atom. The van der Waals surface area contributed by atoms with E-state index < -0.39 is 40.8 Å². The normalized spacial score (nSPS) is 25.5. The molecule has 29 heavy (non-hydrogen) atoms. The van der Waals surface area contributed by atoms with Crippen LogP contribution >= 0.6 is 0 Å². The maximum Gasteiger partial charge on any atom is 0.313 e. The van der Waals surface area contributed by atoms with Crippen molar-refractivity contribution in [2.45, 2.75) is 26.1 Å². The Hall–Kier alpha value is -3.72. The van der Waals surface area contributed by atoms with Crippen molar-refractivity contribution in [3.05, 3.63) is 62.0 Å². The van der Waals surface area contributed by atoms with Gasteiger partial charge in [-0.15, -0.1) is 0 Å². The van der Waals surface area contributed by atoms with Crippen molar-refractivity contribution in [2.24, 2.45) is 21.9 Å². The molecule has 1 aliphatic carbocycles. The maximum atomic E-state index is 12.9. The number of azide groups is 1. The third-order valence-corrected chi connectivity index (χ3v) is 4.90. The van der Waals surface area contributed by atoms with Crippen LogP contribution in [0.5, 0.6) is 0 Å². The average Bonchev–Trinajstić information content (AvgIpc) is 2.67. The van der Waals surface area contributed by atoms with E-state index in [0.29, 0.717) is 16.8 Å². The van der Waals surface area contributed by atoms with Gasteiger partial charge >= 0.3 is 5.97 Å². The monoisotopic (exact) mass is 398 g/mol. The molecule has 11 heteroatoms. The molecule has 0 spiro atoms. The number of ether oxygens (including phenoxy) is 1. The molecule has 1 aromatic rings. The molecule has 4 atom stereocenters. The minimum Gasteiger partial charge on any atom is -0.466 e. The predicted octanol–water partition coefficient (Wildman–Crippen LogP) is 2.60. The Morgan fingerprint density at radius 2 is 2.24 bits per heavy atom. The number of fused-ring (bicyclic) bond motifs is 1. The lowest BCUT2D eigenvalue weighted by Gasteiger charge is -2.39. The number of nitro groups is 1. The van der Waals surface area contributed by atoms with E-state index in [1.807, 2.05) is 0 Å². The highest BCUT2D eigenvalue weighted by Gasteiger charge is 2.48. The second-order valence-electron chi connectivity index (χ2n) is 6.61. The molecule has 1 heterocycles. The lowest BCUT2D eigenvalue weighted by atomic mass is 9.67. The van der Waals surface area contributed by atoms with Gasteiger partial charge in [0.15, 0.2) is 0 Å². The van der Waals surface area contributed by atoms with Gasteiger partial charge in [-0.05, 0) is 36.1 Å². The number of benzene rings is 1. The molecule has 1 N–H and O–H groups in total. The quantitative estimate of drug-likeness (QED) is 0.201. The first-order chi connectivity index (χ1) is 13.9. The van der Waals surface area contributed by atoms with Crippen LogP contribution in [-0.4, -0.2) is 35.4 Å². The molecular formula is C18H18N6O5. The zero-order valence-electron chi connectivity index (χ0n) is 15.7. The minimum absolute atomic E-state index is 0.154. The first-order valence-electron chi connectivity index (χ1n) is 8.88. The highest BCUT2D eigenvalue weighted by Crippen LogP contribution is 2.43. The van der Waals surface area contributed by atoms with Gasteiger partial charge in [0.25, 0.3) is 5.69 Å². The number of esters is 1. The van der Waals surface area contributed by atoms with Crippen LogP contribution in [0.15, 0.2) is 46.0 Å². The van der Waals surface area contributed by atoms with Crippen LogP contribution in [-0.2, 0) is 14.3 Å². The number of allylic oxidation sites excluding steroid dienone is 1. The number of carbonyl (C=O) groups is 2. The van der Waals surface area contributed by atoms with Crippen molar-refractivity contribution in [3.63, 3.8) is 0 Å². The van der Waals surface area contributed by atoms with E-state index in [1.165, 1.54) is 18.2 Å². The number of nitrogens with one attached hydrogen (secondary N) is 1. The fourth-order valence-electron chi connectivity index (χ4n) is 3.78. The summed E-state index contributed by atoms with van der Waals surface area (Å²) in [4.78, 5) is 43.2. The standard InChI is InChI=1S/C18H18N6O5/c1-3-29-17(26)13-9(2)7-12-15(16(25)21-18(20-12)22-23-19)14(13)10-5-4-6-11(8-10)24(27)28/h4-8,13-15,18H,3H2,1-2H3,(H,21,25). The Bertz CT molecular complexity index is 981. The predicted molar refractivity (Wildman–Crippen MR) is 102 cm³/mol. The fourth-order valence-corrected chi connectivity index (χ4v) is 3.78. The van der Waals surface area contributed by atoms with Crippen molar-refractivity contribution < 1.29 is 19.2 Å². The van der Waals surface area contributed by atoms with Crippen molar-refractivity contribution in [2.75, 3.05) is 6.61 Å². The van der Waals surface area contributed by atoms with Crippen molar-refractivity contribution in [3.8, 4) is 0 Å². The first kappa shape index (κ1) is 20.0. The third-order valence-electron chi connectivity index (χ3n) is 4.90. The topological polar surface area (TPSA) is 160 Å². The van der Waals surface area contributed by atoms with Crippen LogP contribution in [0.1, 0.15) is 25.3 Å². The Kier molecular flexibility index (Phi) is 5.60. The Labute approximate surface area is 165 Å². The van der Waals surface area contributed by atoms with Crippen LogP contribution in [0, 0.1) is 22.0 Å². The van der Waals surface area contributed by atoms with Crippen LogP contribution in [0.25, 0.3) is 10.4 Å². The highest BCUT2D eigenvalue weighted by atomic mass is 16.6. The zero-order chi connectivity index (χ0) is 21.1. The lowest BCUT2D eigenvalue weighted by molar-refractivity contribution is -0.384. The van der Waals surface area contributed by atoms with Gasteiger partial charge in [0.2, 0.25) is 12.2 Å². The van der Waals surface area contributed by atoms with Gasteiger partial charge in [0.05, 0.1) is 29.1 Å². The molecule has 4 unspecified atom stereocenters. The molecule has 0 fully saturated rings. The van der Waals surface area contributed by atoms with E-state index >= 15 is 0 Å². The first-order valence-corrected chi connectivity index (χ1v) is 8.88. The highest BCUT2D eigenvalue weighted by molar-refractivity contribution is 6.14. The number of rotatable bonds is 5. The summed E-state index contributed by atoms with van der Waals surface area (Å²) in [5.74, 6) is -3.48. The number of aliphatic imine (C=N–C) groups is 1. The molecule has 0 radical (unpaired) electrons. The van der Waals surface area contributed by atoms with Gasteiger partial charge in [-0.25, -0.2) is 0 Å². The fraction of sp³-hybridized carbons (Fsp3) is 0.389. The van der Waals surface area contributed by atoms with Gasteiger partial charge in [-0.2, -0.15) is 0 Å². The minimum atomic E-state index is -1.09. The van der Waals surface area contributed by atoms with Crippen molar-refractivity contribution in [1.29, 1.82) is 0 Å². The summed E-state index contributed by atoms with van der Waals surface area (Å²) in [6, 6.07) is 5.82. The summed E-state index contributed by atoms with van der Waals surface area (Å²) >= 11 is 0. The SMILES string of the molecule is CCOC(=O)C1C(C)=CC2=NC(N=[N+]=[N-])NC(=O)C2C1c1cccc([N+](=O)[O-])c1. The summed E-state index contributed by atoms with van der Waals surface area (Å²) in [6.07, 6.45) is 0.520. The number of hydrogen-bond acceptors (Lipinski definition) is 7. The summed E-state index contributed by atoms with van der Waals surface area (Å²) in [5.41, 5.74) is 9.88. The number of amides is 1. The second-order valence-corrected chi connectivity index (χ2v) is 6.61. The maximum absolute atomic E-state index is 12.9. The molecule has 1 aromatic carbocycles. The summed E-state index contributed by atoms with van der Waals surface area (Å²) in [7, 11) is 0.